The van der Waals surface area contributed by atoms with Gasteiger partial charge in [-0.25, -0.2) is 5.10 Å². The number of anilines is 1. The van der Waals surface area contributed by atoms with Crippen molar-refractivity contribution < 1.29 is 14.3 Å². The molecule has 3 rings (SSSR count). The first-order chi connectivity index (χ1) is 13.0. The molecule has 1 aromatic heterocycles. The molecule has 0 spiro atoms. The van der Waals surface area contributed by atoms with E-state index in [0.717, 1.165) is 0 Å². The van der Waals surface area contributed by atoms with Gasteiger partial charge in [0.25, 0.3) is 17.4 Å². The van der Waals surface area contributed by atoms with Gasteiger partial charge in [-0.15, -0.1) is 0 Å². The molecule has 8 heteroatoms. The Morgan fingerprint density at radius 3 is 2.41 bits per heavy atom. The van der Waals surface area contributed by atoms with Crippen LogP contribution in [-0.2, 0) is 4.79 Å². The van der Waals surface area contributed by atoms with E-state index in [1.165, 1.54) is 4.90 Å². The van der Waals surface area contributed by atoms with E-state index in [1.807, 2.05) is 0 Å². The number of amides is 2. The minimum atomic E-state index is -0.445. The zero-order chi connectivity index (χ0) is 19.4. The molecule has 0 aliphatic heterocycles. The van der Waals surface area contributed by atoms with E-state index in [0.29, 0.717) is 22.2 Å². The Morgan fingerprint density at radius 1 is 1.07 bits per heavy atom. The normalized spacial score (nSPS) is 10.4. The summed E-state index contributed by atoms with van der Waals surface area (Å²) in [7, 11) is 3.30. The molecular formula is C19H18N4O4. The van der Waals surface area contributed by atoms with Crippen molar-refractivity contribution in [1.82, 2.24) is 15.1 Å². The van der Waals surface area contributed by atoms with Gasteiger partial charge < -0.3 is 15.0 Å². The molecule has 2 aromatic carbocycles. The van der Waals surface area contributed by atoms with Crippen LogP contribution in [0.2, 0.25) is 0 Å². The van der Waals surface area contributed by atoms with Gasteiger partial charge in [0.1, 0.15) is 5.75 Å². The molecule has 0 fully saturated rings. The van der Waals surface area contributed by atoms with Gasteiger partial charge in [-0.3, -0.25) is 14.4 Å². The number of rotatable bonds is 5. The van der Waals surface area contributed by atoms with E-state index in [9.17, 15) is 14.4 Å². The van der Waals surface area contributed by atoms with Crippen molar-refractivity contribution >= 4 is 28.3 Å². The van der Waals surface area contributed by atoms with Crippen molar-refractivity contribution in [1.29, 1.82) is 0 Å². The predicted octanol–water partition coefficient (Wildman–Crippen LogP) is 1.64. The van der Waals surface area contributed by atoms with Gasteiger partial charge in [0, 0.05) is 25.2 Å². The average molecular weight is 366 g/mol. The quantitative estimate of drug-likeness (QED) is 0.714. The Kier molecular flexibility index (Phi) is 5.16. The molecular weight excluding hydrogens is 348 g/mol. The van der Waals surface area contributed by atoms with Crippen LogP contribution in [0.3, 0.4) is 0 Å². The van der Waals surface area contributed by atoms with E-state index < -0.39 is 5.91 Å². The first-order valence-corrected chi connectivity index (χ1v) is 8.17. The van der Waals surface area contributed by atoms with E-state index in [1.54, 1.807) is 62.6 Å². The highest BCUT2D eigenvalue weighted by Crippen LogP contribution is 2.18. The van der Waals surface area contributed by atoms with Crippen molar-refractivity contribution in [3.8, 4) is 5.75 Å². The van der Waals surface area contributed by atoms with Crippen LogP contribution in [0.25, 0.3) is 10.8 Å². The van der Waals surface area contributed by atoms with Gasteiger partial charge >= 0.3 is 0 Å². The number of ether oxygens (including phenoxy) is 1. The number of nitrogens with zero attached hydrogens (tertiary/aromatic N) is 2. The molecule has 0 unspecified atom stereocenters. The van der Waals surface area contributed by atoms with E-state index in [4.69, 9.17) is 4.74 Å². The number of aromatic amines is 1. The Bertz CT molecular complexity index is 1040. The van der Waals surface area contributed by atoms with Crippen molar-refractivity contribution in [3.63, 3.8) is 0 Å². The van der Waals surface area contributed by atoms with Crippen LogP contribution >= 0.6 is 0 Å². The lowest BCUT2D eigenvalue weighted by molar-refractivity contribution is -0.130. The maximum absolute atomic E-state index is 12.5. The number of carbonyl (C=O) groups excluding carboxylic acids is 2. The van der Waals surface area contributed by atoms with Crippen molar-refractivity contribution in [2.24, 2.45) is 0 Å². The number of H-pyrrole nitrogens is 1. The largest absolute Gasteiger partial charge is 0.484 e. The molecule has 2 N–H and O–H groups in total. The van der Waals surface area contributed by atoms with E-state index in [-0.39, 0.29) is 23.8 Å². The number of likely N-dealkylation sites (N-methyl/N-ethyl adjacent to an activating group) is 1. The third-order valence-electron chi connectivity index (χ3n) is 3.88. The SMILES string of the molecule is CN(C)C(=O)COc1ccc(NC(=O)c2n[nH]c(=O)c3ccccc23)cc1. The number of carbonyl (C=O) groups is 2. The molecule has 27 heavy (non-hydrogen) atoms. The van der Waals surface area contributed by atoms with E-state index >= 15 is 0 Å². The van der Waals surface area contributed by atoms with Crippen LogP contribution < -0.4 is 15.6 Å². The maximum atomic E-state index is 12.5. The first-order valence-electron chi connectivity index (χ1n) is 8.17. The second kappa shape index (κ2) is 7.69. The van der Waals surface area contributed by atoms with Crippen molar-refractivity contribution in [3.05, 3.63) is 64.6 Å². The molecule has 0 radical (unpaired) electrons. The van der Waals surface area contributed by atoms with Crippen LogP contribution in [0.1, 0.15) is 10.5 Å². The summed E-state index contributed by atoms with van der Waals surface area (Å²) in [5.41, 5.74) is 0.307. The summed E-state index contributed by atoms with van der Waals surface area (Å²) in [4.78, 5) is 37.3. The number of benzene rings is 2. The first kappa shape index (κ1) is 18.1. The van der Waals surface area contributed by atoms with Gasteiger partial charge in [0.05, 0.1) is 5.39 Å². The van der Waals surface area contributed by atoms with Gasteiger partial charge in [0.2, 0.25) is 0 Å². The number of aromatic nitrogens is 2. The third kappa shape index (κ3) is 4.12. The smallest absolute Gasteiger partial charge is 0.276 e. The highest BCUT2D eigenvalue weighted by molar-refractivity contribution is 6.11. The van der Waals surface area contributed by atoms with Gasteiger partial charge in [-0.1, -0.05) is 18.2 Å². The summed E-state index contributed by atoms with van der Waals surface area (Å²) in [5, 5.41) is 9.80. The third-order valence-corrected chi connectivity index (χ3v) is 3.88. The minimum absolute atomic E-state index is 0.0635. The Hall–Kier alpha value is -3.68. The topological polar surface area (TPSA) is 104 Å². The molecule has 1 heterocycles. The second-order valence-electron chi connectivity index (χ2n) is 6.00. The van der Waals surface area contributed by atoms with Crippen LogP contribution in [0, 0.1) is 0 Å². The highest BCUT2D eigenvalue weighted by Gasteiger charge is 2.14. The van der Waals surface area contributed by atoms with E-state index in [2.05, 4.69) is 15.5 Å². The molecule has 0 saturated carbocycles. The minimum Gasteiger partial charge on any atom is -0.484 e. The maximum Gasteiger partial charge on any atom is 0.276 e. The molecule has 8 nitrogen and oxygen atoms in total. The van der Waals surface area contributed by atoms with Crippen molar-refractivity contribution in [2.45, 2.75) is 0 Å². The molecule has 0 aliphatic rings. The summed E-state index contributed by atoms with van der Waals surface area (Å²) >= 11 is 0. The fourth-order valence-corrected chi connectivity index (χ4v) is 2.39. The number of fused-ring (bicyclic) bond motifs is 1. The summed E-state index contributed by atoms with van der Waals surface area (Å²) in [5.74, 6) is -0.0851. The molecule has 3 aromatic rings. The number of hydrogen-bond donors (Lipinski definition) is 2. The highest BCUT2D eigenvalue weighted by atomic mass is 16.5. The number of nitrogens with one attached hydrogen (secondary N) is 2. The number of hydrogen-bond acceptors (Lipinski definition) is 5. The van der Waals surface area contributed by atoms with Crippen molar-refractivity contribution in [2.75, 3.05) is 26.0 Å². The van der Waals surface area contributed by atoms with Gasteiger partial charge in [-0.2, -0.15) is 5.10 Å². The summed E-state index contributed by atoms with van der Waals surface area (Å²) < 4.78 is 5.39. The standard InChI is InChI=1S/C19H18N4O4/c1-23(2)16(24)11-27-13-9-7-12(8-10-13)20-19(26)17-14-5-3-4-6-15(14)18(25)22-21-17/h3-10H,11H2,1-2H3,(H,20,26)(H,22,25). The lowest BCUT2D eigenvalue weighted by atomic mass is 10.1. The van der Waals surface area contributed by atoms with Gasteiger partial charge in [-0.05, 0) is 30.3 Å². The van der Waals surface area contributed by atoms with Crippen LogP contribution in [0.5, 0.6) is 5.75 Å². The zero-order valence-electron chi connectivity index (χ0n) is 14.9. The summed E-state index contributed by atoms with van der Waals surface area (Å²) in [6.07, 6.45) is 0. The monoisotopic (exact) mass is 366 g/mol. The molecule has 0 bridgehead atoms. The Balaban J connectivity index is 1.73. The van der Waals surface area contributed by atoms with Crippen LogP contribution in [0.15, 0.2) is 53.3 Å². The average Bonchev–Trinajstić information content (AvgIpc) is 2.67. The van der Waals surface area contributed by atoms with Gasteiger partial charge in [0.15, 0.2) is 12.3 Å². The fourth-order valence-electron chi connectivity index (χ4n) is 2.39. The molecule has 0 atom stereocenters. The Labute approximate surface area is 154 Å². The zero-order valence-corrected chi connectivity index (χ0v) is 14.9. The lowest BCUT2D eigenvalue weighted by Crippen LogP contribution is -2.27. The molecule has 138 valence electrons. The summed E-state index contributed by atoms with van der Waals surface area (Å²) in [6, 6.07) is 13.4. The second-order valence-corrected chi connectivity index (χ2v) is 6.00. The molecule has 2 amide bonds. The molecule has 0 aliphatic carbocycles. The molecule has 0 saturated heterocycles. The Morgan fingerprint density at radius 2 is 1.74 bits per heavy atom. The van der Waals surface area contributed by atoms with Crippen LogP contribution in [-0.4, -0.2) is 47.6 Å². The van der Waals surface area contributed by atoms with Crippen LogP contribution in [0.4, 0.5) is 5.69 Å². The lowest BCUT2D eigenvalue weighted by Gasteiger charge is -2.12. The fraction of sp³-hybridized carbons (Fsp3) is 0.158. The summed E-state index contributed by atoms with van der Waals surface area (Å²) in [6.45, 7) is -0.0635. The predicted molar refractivity (Wildman–Crippen MR) is 101 cm³/mol.